The Morgan fingerprint density at radius 2 is 1.90 bits per heavy atom. The van der Waals surface area contributed by atoms with Crippen molar-refractivity contribution < 1.29 is 0 Å². The lowest BCUT2D eigenvalue weighted by Gasteiger charge is -2.26. The van der Waals surface area contributed by atoms with Gasteiger partial charge in [0, 0.05) is 23.0 Å². The van der Waals surface area contributed by atoms with E-state index >= 15 is 0 Å². The van der Waals surface area contributed by atoms with Crippen molar-refractivity contribution in [1.29, 1.82) is 0 Å². The summed E-state index contributed by atoms with van der Waals surface area (Å²) in [7, 11) is 0. The van der Waals surface area contributed by atoms with Crippen LogP contribution in [0.15, 0.2) is 24.3 Å². The number of halogens is 1. The second-order valence-electron chi connectivity index (χ2n) is 5.91. The minimum atomic E-state index is 0.652. The van der Waals surface area contributed by atoms with Crippen molar-refractivity contribution in [2.24, 2.45) is 0 Å². The lowest BCUT2D eigenvalue weighted by molar-refractivity contribution is 0.567. The molecule has 1 atom stereocenters. The highest BCUT2D eigenvalue weighted by Crippen LogP contribution is 2.33. The van der Waals surface area contributed by atoms with Gasteiger partial charge in [0.25, 0.3) is 0 Å². The summed E-state index contributed by atoms with van der Waals surface area (Å²) in [6.45, 7) is 3.44. The van der Waals surface area contributed by atoms with Crippen LogP contribution in [0.1, 0.15) is 58.3 Å². The number of unbranched alkanes of at least 4 members (excludes halogenated alkanes) is 6. The molecule has 1 saturated heterocycles. The Balaban J connectivity index is 1.70. The highest BCUT2D eigenvalue weighted by Gasteiger charge is 2.24. The number of hydrogen-bond donors (Lipinski definition) is 0. The zero-order chi connectivity index (χ0) is 14.9. The van der Waals surface area contributed by atoms with E-state index in [9.17, 15) is 0 Å². The minimum absolute atomic E-state index is 0.652. The zero-order valence-electron chi connectivity index (χ0n) is 13.2. The van der Waals surface area contributed by atoms with E-state index < -0.39 is 0 Å². The third-order valence-corrected chi connectivity index (χ3v) is 5.71. The molecule has 118 valence electrons. The van der Waals surface area contributed by atoms with Crippen molar-refractivity contribution in [2.45, 2.75) is 63.7 Å². The fourth-order valence-electron chi connectivity index (χ4n) is 2.99. The number of hydrogen-bond acceptors (Lipinski definition) is 2. The second-order valence-corrected chi connectivity index (χ2v) is 7.63. The van der Waals surface area contributed by atoms with Gasteiger partial charge in [-0.15, -0.1) is 11.8 Å². The van der Waals surface area contributed by atoms with E-state index in [0.717, 1.165) is 11.6 Å². The number of benzene rings is 1. The Morgan fingerprint density at radius 3 is 2.67 bits per heavy atom. The number of nitrogens with zero attached hydrogens (tertiary/aromatic N) is 1. The predicted molar refractivity (Wildman–Crippen MR) is 97.7 cm³/mol. The predicted octanol–water partition coefficient (Wildman–Crippen LogP) is 6.36. The van der Waals surface area contributed by atoms with E-state index in [1.54, 1.807) is 0 Å². The summed E-state index contributed by atoms with van der Waals surface area (Å²) >= 11 is 8.23. The maximum Gasteiger partial charge on any atom is 0.0751 e. The Labute approximate surface area is 139 Å². The van der Waals surface area contributed by atoms with Crippen LogP contribution in [0.3, 0.4) is 0 Å². The summed E-state index contributed by atoms with van der Waals surface area (Å²) in [5.41, 5.74) is 1.29. The smallest absolute Gasteiger partial charge is 0.0751 e. The van der Waals surface area contributed by atoms with E-state index in [4.69, 9.17) is 11.6 Å². The quantitative estimate of drug-likeness (QED) is 0.486. The van der Waals surface area contributed by atoms with Crippen LogP contribution in [0.4, 0.5) is 5.69 Å². The first-order valence-electron chi connectivity index (χ1n) is 8.45. The maximum absolute atomic E-state index is 6.12. The Bertz CT molecular complexity index is 410. The molecule has 3 heteroatoms. The maximum atomic E-state index is 6.12. The van der Waals surface area contributed by atoms with Gasteiger partial charge in [-0.05, 0) is 24.6 Å². The van der Waals surface area contributed by atoms with Gasteiger partial charge in [-0.2, -0.15) is 0 Å². The molecule has 0 bridgehead atoms. The van der Waals surface area contributed by atoms with Crippen LogP contribution in [0.2, 0.25) is 5.02 Å². The summed E-state index contributed by atoms with van der Waals surface area (Å²) in [4.78, 5) is 2.54. The summed E-state index contributed by atoms with van der Waals surface area (Å²) in [6.07, 6.45) is 11.1. The van der Waals surface area contributed by atoms with Crippen molar-refractivity contribution >= 4 is 29.1 Å². The first-order valence-corrected chi connectivity index (χ1v) is 9.87. The van der Waals surface area contributed by atoms with Gasteiger partial charge in [0.1, 0.15) is 0 Å². The van der Waals surface area contributed by atoms with Gasteiger partial charge in [-0.1, -0.05) is 69.5 Å². The van der Waals surface area contributed by atoms with Crippen molar-refractivity contribution in [2.75, 3.05) is 17.2 Å². The van der Waals surface area contributed by atoms with Crippen LogP contribution in [0, 0.1) is 0 Å². The molecule has 0 aliphatic carbocycles. The number of rotatable bonds is 9. The van der Waals surface area contributed by atoms with Gasteiger partial charge < -0.3 is 4.90 Å². The second kappa shape index (κ2) is 9.63. The normalized spacial score (nSPS) is 18.4. The van der Waals surface area contributed by atoms with Gasteiger partial charge in [-0.25, -0.2) is 0 Å². The molecule has 0 N–H and O–H groups in total. The molecule has 1 fully saturated rings. The highest BCUT2D eigenvalue weighted by molar-refractivity contribution is 8.00. The van der Waals surface area contributed by atoms with Gasteiger partial charge in [0.15, 0.2) is 0 Å². The summed E-state index contributed by atoms with van der Waals surface area (Å²) in [6, 6.07) is 8.31. The molecule has 0 spiro atoms. The molecule has 0 aromatic heterocycles. The average molecular weight is 326 g/mol. The average Bonchev–Trinajstić information content (AvgIpc) is 2.95. The number of anilines is 1. The van der Waals surface area contributed by atoms with E-state index in [1.807, 2.05) is 6.07 Å². The van der Waals surface area contributed by atoms with E-state index in [1.165, 1.54) is 62.8 Å². The van der Waals surface area contributed by atoms with Crippen LogP contribution in [-0.2, 0) is 0 Å². The third-order valence-electron chi connectivity index (χ3n) is 4.18. The van der Waals surface area contributed by atoms with E-state index in [2.05, 4.69) is 41.8 Å². The zero-order valence-corrected chi connectivity index (χ0v) is 14.8. The monoisotopic (exact) mass is 325 g/mol. The first kappa shape index (κ1) is 17.0. The van der Waals surface area contributed by atoms with Crippen molar-refractivity contribution in [3.05, 3.63) is 29.3 Å². The van der Waals surface area contributed by atoms with Gasteiger partial charge >= 0.3 is 0 Å². The van der Waals surface area contributed by atoms with Crippen molar-refractivity contribution in [1.82, 2.24) is 0 Å². The van der Waals surface area contributed by atoms with Crippen LogP contribution in [0.25, 0.3) is 0 Å². The molecule has 1 aromatic carbocycles. The SMILES string of the molecule is CCCCCCCCCC1SCCN1c1cccc(Cl)c1. The van der Waals surface area contributed by atoms with Gasteiger partial charge in [0.2, 0.25) is 0 Å². The van der Waals surface area contributed by atoms with E-state index in [-0.39, 0.29) is 0 Å². The molecule has 0 amide bonds. The summed E-state index contributed by atoms with van der Waals surface area (Å²) < 4.78 is 0. The molecule has 21 heavy (non-hydrogen) atoms. The Kier molecular flexibility index (Phi) is 7.81. The van der Waals surface area contributed by atoms with Crippen molar-refractivity contribution in [3.8, 4) is 0 Å². The highest BCUT2D eigenvalue weighted by atomic mass is 35.5. The van der Waals surface area contributed by atoms with Crippen LogP contribution in [-0.4, -0.2) is 17.7 Å². The molecule has 1 aliphatic heterocycles. The molecular formula is C18H28ClNS. The lowest BCUT2D eigenvalue weighted by atomic mass is 10.1. The molecule has 2 rings (SSSR count). The topological polar surface area (TPSA) is 3.24 Å². The third kappa shape index (κ3) is 5.75. The van der Waals surface area contributed by atoms with Gasteiger partial charge in [-0.3, -0.25) is 0 Å². The van der Waals surface area contributed by atoms with E-state index in [0.29, 0.717) is 5.37 Å². The van der Waals surface area contributed by atoms with Crippen molar-refractivity contribution in [3.63, 3.8) is 0 Å². The summed E-state index contributed by atoms with van der Waals surface area (Å²) in [5, 5.41) is 1.50. The Hall–Kier alpha value is -0.340. The lowest BCUT2D eigenvalue weighted by Crippen LogP contribution is -2.27. The standard InChI is InChI=1S/C18H28ClNS/c1-2-3-4-5-6-7-8-12-18-20(13-14-21-18)17-11-9-10-16(19)15-17/h9-11,15,18H,2-8,12-14H2,1H3. The minimum Gasteiger partial charge on any atom is -0.359 e. The fraction of sp³-hybridized carbons (Fsp3) is 0.667. The molecule has 1 unspecified atom stereocenters. The van der Waals surface area contributed by atoms with Crippen LogP contribution in [0.5, 0.6) is 0 Å². The van der Waals surface area contributed by atoms with Gasteiger partial charge in [0.05, 0.1) is 5.37 Å². The van der Waals surface area contributed by atoms with Crippen LogP contribution < -0.4 is 4.90 Å². The molecule has 0 saturated carbocycles. The Morgan fingerprint density at radius 1 is 1.14 bits per heavy atom. The summed E-state index contributed by atoms with van der Waals surface area (Å²) in [5.74, 6) is 1.24. The van der Waals surface area contributed by atoms with Crippen LogP contribution >= 0.6 is 23.4 Å². The fourth-order valence-corrected chi connectivity index (χ4v) is 4.49. The molecule has 1 nitrogen and oxygen atoms in total. The molecule has 1 aliphatic rings. The molecule has 0 radical (unpaired) electrons. The molecule has 1 aromatic rings. The largest absolute Gasteiger partial charge is 0.359 e. The molecular weight excluding hydrogens is 298 g/mol. The number of thioether (sulfide) groups is 1. The first-order chi connectivity index (χ1) is 10.3. The molecule has 1 heterocycles.